The molecule has 0 bridgehead atoms. The second-order valence-electron chi connectivity index (χ2n) is 3.04. The van der Waals surface area contributed by atoms with Gasteiger partial charge in [-0.05, 0) is 13.3 Å². The van der Waals surface area contributed by atoms with Crippen molar-refractivity contribution in [2.75, 3.05) is 6.54 Å². The Kier molecular flexibility index (Phi) is 4.41. The largest absolute Gasteiger partial charge is 0.303 e. The number of halogens is 2. The van der Waals surface area contributed by atoms with Crippen LogP contribution in [0.3, 0.4) is 0 Å². The molecular formula is C9H14F2N2S. The van der Waals surface area contributed by atoms with Gasteiger partial charge in [0.2, 0.25) is 0 Å². The van der Waals surface area contributed by atoms with E-state index in [1.807, 2.05) is 6.92 Å². The van der Waals surface area contributed by atoms with E-state index in [2.05, 4.69) is 17.2 Å². The molecule has 0 aliphatic heterocycles. The van der Waals surface area contributed by atoms with Gasteiger partial charge in [-0.2, -0.15) is 0 Å². The molecule has 0 amide bonds. The van der Waals surface area contributed by atoms with Gasteiger partial charge in [0.1, 0.15) is 5.01 Å². The fourth-order valence-electron chi connectivity index (χ4n) is 1.04. The van der Waals surface area contributed by atoms with Gasteiger partial charge in [0.25, 0.3) is 6.43 Å². The first-order valence-corrected chi connectivity index (χ1v) is 5.41. The molecule has 1 N–H and O–H groups in total. The van der Waals surface area contributed by atoms with Crippen molar-refractivity contribution < 1.29 is 8.78 Å². The maximum atomic E-state index is 11.9. The zero-order valence-corrected chi connectivity index (χ0v) is 9.07. The van der Waals surface area contributed by atoms with Crippen molar-refractivity contribution in [3.63, 3.8) is 0 Å². The Morgan fingerprint density at radius 3 is 2.79 bits per heavy atom. The number of nitrogens with zero attached hydrogens (tertiary/aromatic N) is 1. The number of aromatic nitrogens is 1. The first-order chi connectivity index (χ1) is 6.63. The molecule has 1 rings (SSSR count). The van der Waals surface area contributed by atoms with Gasteiger partial charge in [0.15, 0.2) is 0 Å². The van der Waals surface area contributed by atoms with Crippen LogP contribution >= 0.6 is 11.3 Å². The van der Waals surface area contributed by atoms with Crippen molar-refractivity contribution in [3.05, 3.63) is 16.1 Å². The van der Waals surface area contributed by atoms with Gasteiger partial charge in [0.05, 0.1) is 12.6 Å². The normalized spacial score (nSPS) is 13.5. The predicted molar refractivity (Wildman–Crippen MR) is 53.9 cm³/mol. The van der Waals surface area contributed by atoms with Gasteiger partial charge in [0, 0.05) is 11.1 Å². The van der Waals surface area contributed by atoms with Gasteiger partial charge in [-0.25, -0.2) is 13.8 Å². The van der Waals surface area contributed by atoms with Gasteiger partial charge < -0.3 is 5.32 Å². The molecule has 0 aliphatic carbocycles. The van der Waals surface area contributed by atoms with Gasteiger partial charge in [-0.1, -0.05) is 6.92 Å². The van der Waals surface area contributed by atoms with Crippen LogP contribution in [-0.2, 0) is 6.42 Å². The van der Waals surface area contributed by atoms with E-state index >= 15 is 0 Å². The third-order valence-electron chi connectivity index (χ3n) is 1.87. The summed E-state index contributed by atoms with van der Waals surface area (Å²) in [7, 11) is 0. The number of aryl methyl sites for hydroxylation is 1. The molecule has 0 fully saturated rings. The van der Waals surface area contributed by atoms with E-state index in [0.717, 1.165) is 11.4 Å². The van der Waals surface area contributed by atoms with Crippen molar-refractivity contribution in [2.24, 2.45) is 0 Å². The van der Waals surface area contributed by atoms with Crippen LogP contribution in [0.4, 0.5) is 8.78 Å². The third-order valence-corrected chi connectivity index (χ3v) is 3.19. The molecule has 80 valence electrons. The average Bonchev–Trinajstić information content (AvgIpc) is 2.62. The number of rotatable bonds is 5. The Labute approximate surface area is 86.4 Å². The molecule has 14 heavy (non-hydrogen) atoms. The fraction of sp³-hybridized carbons (Fsp3) is 0.667. The number of hydrogen-bond donors (Lipinski definition) is 1. The first-order valence-electron chi connectivity index (χ1n) is 4.59. The molecule has 2 nitrogen and oxygen atoms in total. The Balaban J connectivity index is 2.47. The highest BCUT2D eigenvalue weighted by molar-refractivity contribution is 7.11. The summed E-state index contributed by atoms with van der Waals surface area (Å²) in [5.41, 5.74) is 0. The second-order valence-corrected chi connectivity index (χ2v) is 4.19. The summed E-state index contributed by atoms with van der Waals surface area (Å²) < 4.78 is 23.8. The van der Waals surface area contributed by atoms with Crippen LogP contribution in [0.2, 0.25) is 0 Å². The van der Waals surface area contributed by atoms with E-state index in [1.54, 1.807) is 17.5 Å². The standard InChI is InChI=1S/C9H14F2N2S/c1-3-7-4-13-9(14-7)6(2)12-5-8(10)11/h4,6,8,12H,3,5H2,1-2H3. The zero-order chi connectivity index (χ0) is 10.6. The van der Waals surface area contributed by atoms with Crippen molar-refractivity contribution in [1.82, 2.24) is 10.3 Å². The lowest BCUT2D eigenvalue weighted by atomic mass is 10.3. The summed E-state index contributed by atoms with van der Waals surface area (Å²) in [6.07, 6.45) is 0.447. The van der Waals surface area contributed by atoms with E-state index in [4.69, 9.17) is 0 Å². The number of nitrogens with one attached hydrogen (secondary N) is 1. The van der Waals surface area contributed by atoms with Crippen LogP contribution in [0.15, 0.2) is 6.20 Å². The fourth-order valence-corrected chi connectivity index (χ4v) is 1.92. The molecular weight excluding hydrogens is 206 g/mol. The molecule has 1 aromatic heterocycles. The maximum Gasteiger partial charge on any atom is 0.250 e. The quantitative estimate of drug-likeness (QED) is 0.825. The highest BCUT2D eigenvalue weighted by atomic mass is 32.1. The lowest BCUT2D eigenvalue weighted by Crippen LogP contribution is -2.24. The average molecular weight is 220 g/mol. The lowest BCUT2D eigenvalue weighted by Gasteiger charge is -2.09. The van der Waals surface area contributed by atoms with Crippen molar-refractivity contribution >= 4 is 11.3 Å². The Hall–Kier alpha value is -0.550. The highest BCUT2D eigenvalue weighted by Crippen LogP contribution is 2.20. The van der Waals surface area contributed by atoms with Crippen LogP contribution in [0.5, 0.6) is 0 Å². The molecule has 0 aromatic carbocycles. The number of hydrogen-bond acceptors (Lipinski definition) is 3. The molecule has 0 spiro atoms. The van der Waals surface area contributed by atoms with E-state index in [9.17, 15) is 8.78 Å². The van der Waals surface area contributed by atoms with Gasteiger partial charge in [-0.15, -0.1) is 11.3 Å². The molecule has 0 saturated heterocycles. The summed E-state index contributed by atoms with van der Waals surface area (Å²) in [5.74, 6) is 0. The molecule has 0 aliphatic rings. The summed E-state index contributed by atoms with van der Waals surface area (Å²) >= 11 is 1.57. The smallest absolute Gasteiger partial charge is 0.250 e. The molecule has 1 atom stereocenters. The highest BCUT2D eigenvalue weighted by Gasteiger charge is 2.11. The van der Waals surface area contributed by atoms with Gasteiger partial charge in [-0.3, -0.25) is 0 Å². The van der Waals surface area contributed by atoms with Crippen LogP contribution in [0, 0.1) is 0 Å². The SMILES string of the molecule is CCc1cnc(C(C)NCC(F)F)s1. The predicted octanol–water partition coefficient (Wildman–Crippen LogP) is 2.62. The Bertz CT molecular complexity index is 276. The summed E-state index contributed by atoms with van der Waals surface area (Å²) in [6.45, 7) is 3.62. The van der Waals surface area contributed by atoms with Gasteiger partial charge >= 0.3 is 0 Å². The molecule has 5 heteroatoms. The zero-order valence-electron chi connectivity index (χ0n) is 8.26. The van der Waals surface area contributed by atoms with Crippen LogP contribution in [0.25, 0.3) is 0 Å². The van der Waals surface area contributed by atoms with Crippen LogP contribution in [-0.4, -0.2) is 18.0 Å². The maximum absolute atomic E-state index is 11.9. The van der Waals surface area contributed by atoms with E-state index in [-0.39, 0.29) is 12.6 Å². The molecule has 1 unspecified atom stereocenters. The lowest BCUT2D eigenvalue weighted by molar-refractivity contribution is 0.142. The van der Waals surface area contributed by atoms with Crippen LogP contribution < -0.4 is 5.32 Å². The van der Waals surface area contributed by atoms with Crippen molar-refractivity contribution in [3.8, 4) is 0 Å². The topological polar surface area (TPSA) is 24.9 Å². The van der Waals surface area contributed by atoms with Crippen molar-refractivity contribution in [2.45, 2.75) is 32.7 Å². The monoisotopic (exact) mass is 220 g/mol. The molecule has 1 aromatic rings. The third kappa shape index (κ3) is 3.31. The minimum atomic E-state index is -2.30. The Morgan fingerprint density at radius 1 is 1.57 bits per heavy atom. The van der Waals surface area contributed by atoms with Crippen molar-refractivity contribution in [1.29, 1.82) is 0 Å². The minimum Gasteiger partial charge on any atom is -0.303 e. The summed E-state index contributed by atoms with van der Waals surface area (Å²) in [4.78, 5) is 5.36. The number of thiazole rings is 1. The van der Waals surface area contributed by atoms with E-state index in [0.29, 0.717) is 0 Å². The first kappa shape index (κ1) is 11.5. The molecule has 1 heterocycles. The summed E-state index contributed by atoms with van der Waals surface area (Å²) in [5, 5.41) is 3.61. The molecule has 0 radical (unpaired) electrons. The molecule has 0 saturated carbocycles. The Morgan fingerprint density at radius 2 is 2.29 bits per heavy atom. The minimum absolute atomic E-state index is 0.0886. The van der Waals surface area contributed by atoms with E-state index in [1.165, 1.54) is 4.88 Å². The van der Waals surface area contributed by atoms with Crippen LogP contribution in [0.1, 0.15) is 29.8 Å². The van der Waals surface area contributed by atoms with E-state index < -0.39 is 6.43 Å². The summed E-state index contributed by atoms with van der Waals surface area (Å²) in [6, 6.07) is -0.0886. The second kappa shape index (κ2) is 5.36. The number of alkyl halides is 2.